The van der Waals surface area contributed by atoms with Gasteiger partial charge < -0.3 is 15.1 Å². The number of aromatic nitrogens is 1. The number of amides is 1. The first-order valence-corrected chi connectivity index (χ1v) is 6.49. The minimum atomic E-state index is -0.200. The third-order valence-corrected chi connectivity index (χ3v) is 3.56. The zero-order valence-corrected chi connectivity index (χ0v) is 11.5. The Morgan fingerprint density at radius 1 is 1.53 bits per heavy atom. The maximum absolute atomic E-state index is 12.4. The molecule has 0 aliphatic carbocycles. The summed E-state index contributed by atoms with van der Waals surface area (Å²) in [6.45, 7) is 1.35. The zero-order chi connectivity index (χ0) is 13.8. The molecule has 1 aromatic heterocycles. The summed E-state index contributed by atoms with van der Waals surface area (Å²) in [5.74, 6) is 5.50. The van der Waals surface area contributed by atoms with E-state index in [1.807, 2.05) is 0 Å². The predicted octanol–water partition coefficient (Wildman–Crippen LogP) is 1.27. The molecule has 2 rings (SSSR count). The molecule has 0 unspecified atom stereocenters. The van der Waals surface area contributed by atoms with Crippen LogP contribution in [0.25, 0.3) is 0 Å². The largest absolute Gasteiger partial charge is 0.381 e. The highest BCUT2D eigenvalue weighted by molar-refractivity contribution is 6.33. The first-order valence-electron chi connectivity index (χ1n) is 6.11. The number of carbonyl (C=O) groups excluding carboxylic acids is 1. The summed E-state index contributed by atoms with van der Waals surface area (Å²) in [7, 11) is 1.76. The molecule has 0 saturated carbocycles. The van der Waals surface area contributed by atoms with Crippen molar-refractivity contribution in [3.8, 4) is 0 Å². The van der Waals surface area contributed by atoms with Gasteiger partial charge in [-0.3, -0.25) is 4.79 Å². The number of rotatable bonds is 3. The molecule has 0 bridgehead atoms. The molecular formula is C12H17ClN4O2. The van der Waals surface area contributed by atoms with Gasteiger partial charge >= 0.3 is 0 Å². The van der Waals surface area contributed by atoms with Gasteiger partial charge in [0.05, 0.1) is 5.02 Å². The van der Waals surface area contributed by atoms with Crippen molar-refractivity contribution in [2.45, 2.75) is 18.9 Å². The maximum atomic E-state index is 12.4. The predicted molar refractivity (Wildman–Crippen MR) is 73.0 cm³/mol. The monoisotopic (exact) mass is 284 g/mol. The number of hydrogen-bond acceptors (Lipinski definition) is 5. The molecular weight excluding hydrogens is 268 g/mol. The van der Waals surface area contributed by atoms with Crippen molar-refractivity contribution in [2.75, 3.05) is 25.7 Å². The number of anilines is 1. The van der Waals surface area contributed by atoms with E-state index in [2.05, 4.69) is 10.4 Å². The summed E-state index contributed by atoms with van der Waals surface area (Å²) < 4.78 is 5.29. The summed E-state index contributed by atoms with van der Waals surface area (Å²) in [6, 6.07) is 3.39. The number of carbonyl (C=O) groups is 1. The number of hydrazine groups is 1. The lowest BCUT2D eigenvalue weighted by molar-refractivity contribution is 0.0359. The minimum Gasteiger partial charge on any atom is -0.381 e. The van der Waals surface area contributed by atoms with E-state index in [4.69, 9.17) is 22.2 Å². The SMILES string of the molecule is CN(C(=O)c1nc(NN)ccc1Cl)C1CCOCC1. The lowest BCUT2D eigenvalue weighted by Gasteiger charge is -2.31. The van der Waals surface area contributed by atoms with E-state index >= 15 is 0 Å². The summed E-state index contributed by atoms with van der Waals surface area (Å²) in [5, 5.41) is 0.322. The first-order chi connectivity index (χ1) is 9.13. The van der Waals surface area contributed by atoms with Gasteiger partial charge in [-0.1, -0.05) is 11.6 Å². The molecule has 1 aromatic rings. The smallest absolute Gasteiger partial charge is 0.274 e. The van der Waals surface area contributed by atoms with Crippen molar-refractivity contribution >= 4 is 23.3 Å². The Balaban J connectivity index is 2.18. The van der Waals surface area contributed by atoms with Gasteiger partial charge in [-0.15, -0.1) is 0 Å². The van der Waals surface area contributed by atoms with Crippen molar-refractivity contribution in [3.05, 3.63) is 22.8 Å². The Bertz CT molecular complexity index is 463. The van der Waals surface area contributed by atoms with E-state index in [1.165, 1.54) is 0 Å². The molecule has 7 heteroatoms. The van der Waals surface area contributed by atoms with Gasteiger partial charge in [0.15, 0.2) is 0 Å². The van der Waals surface area contributed by atoms with Crippen molar-refractivity contribution < 1.29 is 9.53 Å². The highest BCUT2D eigenvalue weighted by Gasteiger charge is 2.25. The number of pyridine rings is 1. The molecule has 0 radical (unpaired) electrons. The van der Waals surface area contributed by atoms with Crippen LogP contribution in [0, 0.1) is 0 Å². The molecule has 0 atom stereocenters. The molecule has 0 aromatic carbocycles. The Morgan fingerprint density at radius 2 is 2.21 bits per heavy atom. The Hall–Kier alpha value is -1.37. The topological polar surface area (TPSA) is 80.5 Å². The standard InChI is InChI=1S/C12H17ClN4O2/c1-17(8-4-6-19-7-5-8)12(18)11-9(13)2-3-10(15-11)16-14/h2-3,8H,4-7,14H2,1H3,(H,15,16). The molecule has 6 nitrogen and oxygen atoms in total. The Kier molecular flexibility index (Phi) is 4.57. The van der Waals surface area contributed by atoms with Crippen LogP contribution in [0.2, 0.25) is 5.02 Å². The lowest BCUT2D eigenvalue weighted by atomic mass is 10.1. The third kappa shape index (κ3) is 3.15. The number of halogens is 1. The Labute approximate surface area is 116 Å². The Morgan fingerprint density at radius 3 is 2.84 bits per heavy atom. The van der Waals surface area contributed by atoms with Crippen LogP contribution in [0.4, 0.5) is 5.82 Å². The van der Waals surface area contributed by atoms with E-state index in [0.29, 0.717) is 24.1 Å². The molecule has 1 amide bonds. The number of ether oxygens (including phenoxy) is 1. The van der Waals surface area contributed by atoms with Gasteiger partial charge in [0.2, 0.25) is 0 Å². The van der Waals surface area contributed by atoms with Gasteiger partial charge in [0, 0.05) is 26.3 Å². The molecule has 1 fully saturated rings. The highest BCUT2D eigenvalue weighted by atomic mass is 35.5. The van der Waals surface area contributed by atoms with E-state index in [0.717, 1.165) is 12.8 Å². The normalized spacial score (nSPS) is 16.2. The first kappa shape index (κ1) is 14.0. The fraction of sp³-hybridized carbons (Fsp3) is 0.500. The third-order valence-electron chi connectivity index (χ3n) is 3.26. The molecule has 104 valence electrons. The molecule has 1 aliphatic rings. The lowest BCUT2D eigenvalue weighted by Crippen LogP contribution is -2.41. The second kappa shape index (κ2) is 6.18. The maximum Gasteiger partial charge on any atom is 0.274 e. The van der Waals surface area contributed by atoms with Crippen LogP contribution in [0.1, 0.15) is 23.3 Å². The van der Waals surface area contributed by atoms with Crippen LogP contribution in [0.15, 0.2) is 12.1 Å². The molecule has 1 saturated heterocycles. The minimum absolute atomic E-state index is 0.161. The average Bonchev–Trinajstić information content (AvgIpc) is 2.47. The van der Waals surface area contributed by atoms with Crippen LogP contribution in [-0.4, -0.2) is 42.1 Å². The summed E-state index contributed by atoms with van der Waals surface area (Å²) >= 11 is 6.03. The summed E-state index contributed by atoms with van der Waals surface area (Å²) in [6.07, 6.45) is 1.66. The number of nitrogen functional groups attached to an aromatic ring is 1. The fourth-order valence-corrected chi connectivity index (χ4v) is 2.26. The number of hydrogen-bond donors (Lipinski definition) is 2. The zero-order valence-electron chi connectivity index (χ0n) is 10.7. The fourth-order valence-electron chi connectivity index (χ4n) is 2.08. The molecule has 2 heterocycles. The van der Waals surface area contributed by atoms with Crippen molar-refractivity contribution in [3.63, 3.8) is 0 Å². The number of nitrogens with two attached hydrogens (primary N) is 1. The molecule has 0 spiro atoms. The molecule has 19 heavy (non-hydrogen) atoms. The summed E-state index contributed by atoms with van der Waals surface area (Å²) in [5.41, 5.74) is 2.62. The van der Waals surface area contributed by atoms with Crippen LogP contribution in [-0.2, 0) is 4.74 Å². The van der Waals surface area contributed by atoms with Crippen molar-refractivity contribution in [1.29, 1.82) is 0 Å². The van der Waals surface area contributed by atoms with Crippen molar-refractivity contribution in [2.24, 2.45) is 5.84 Å². The van der Waals surface area contributed by atoms with Gasteiger partial charge in [0.1, 0.15) is 11.5 Å². The highest BCUT2D eigenvalue weighted by Crippen LogP contribution is 2.21. The van der Waals surface area contributed by atoms with Crippen LogP contribution in [0.5, 0.6) is 0 Å². The van der Waals surface area contributed by atoms with Crippen LogP contribution in [0.3, 0.4) is 0 Å². The van der Waals surface area contributed by atoms with Gasteiger partial charge in [-0.2, -0.15) is 0 Å². The number of nitrogens with zero attached hydrogens (tertiary/aromatic N) is 2. The van der Waals surface area contributed by atoms with Crippen LogP contribution >= 0.6 is 11.6 Å². The van der Waals surface area contributed by atoms with E-state index in [-0.39, 0.29) is 17.6 Å². The van der Waals surface area contributed by atoms with Crippen LogP contribution < -0.4 is 11.3 Å². The second-order valence-electron chi connectivity index (χ2n) is 4.43. The summed E-state index contributed by atoms with van der Waals surface area (Å²) in [4.78, 5) is 18.2. The van der Waals surface area contributed by atoms with E-state index < -0.39 is 0 Å². The number of nitrogens with one attached hydrogen (secondary N) is 1. The second-order valence-corrected chi connectivity index (χ2v) is 4.84. The molecule has 1 aliphatic heterocycles. The van der Waals surface area contributed by atoms with Gasteiger partial charge in [0.25, 0.3) is 5.91 Å². The average molecular weight is 285 g/mol. The quantitative estimate of drug-likeness (QED) is 0.645. The van der Waals surface area contributed by atoms with E-state index in [1.54, 1.807) is 24.1 Å². The molecule has 3 N–H and O–H groups in total. The van der Waals surface area contributed by atoms with Gasteiger partial charge in [-0.05, 0) is 25.0 Å². The van der Waals surface area contributed by atoms with Gasteiger partial charge in [-0.25, -0.2) is 10.8 Å². The van der Waals surface area contributed by atoms with Crippen molar-refractivity contribution in [1.82, 2.24) is 9.88 Å². The van der Waals surface area contributed by atoms with E-state index in [9.17, 15) is 4.79 Å².